The molecular formula is C28H21N5O2S. The molecule has 0 saturated heterocycles. The molecule has 0 saturated carbocycles. The molecule has 36 heavy (non-hydrogen) atoms. The van der Waals surface area contributed by atoms with E-state index in [0.29, 0.717) is 16.8 Å². The lowest BCUT2D eigenvalue weighted by Crippen LogP contribution is -2.35. The van der Waals surface area contributed by atoms with Gasteiger partial charge in [0.2, 0.25) is 5.17 Å². The second-order valence-electron chi connectivity index (χ2n) is 8.33. The molecule has 2 aliphatic heterocycles. The topological polar surface area (TPSA) is 83.0 Å². The van der Waals surface area contributed by atoms with Gasteiger partial charge >= 0.3 is 0 Å². The molecule has 0 bridgehead atoms. The number of fused-ring (bicyclic) bond motifs is 2. The predicted octanol–water partition coefficient (Wildman–Crippen LogP) is 5.39. The van der Waals surface area contributed by atoms with Gasteiger partial charge in [0.15, 0.2) is 5.84 Å². The summed E-state index contributed by atoms with van der Waals surface area (Å²) < 4.78 is 7.93. The second-order valence-corrected chi connectivity index (χ2v) is 9.37. The number of amides is 1. The van der Waals surface area contributed by atoms with Gasteiger partial charge < -0.3 is 9.30 Å². The van der Waals surface area contributed by atoms with E-state index in [2.05, 4.69) is 32.9 Å². The third-order valence-electron chi connectivity index (χ3n) is 5.92. The van der Waals surface area contributed by atoms with Gasteiger partial charge in [-0.05, 0) is 41.6 Å². The van der Waals surface area contributed by atoms with Crippen LogP contribution in [0.15, 0.2) is 107 Å². The number of benzene rings is 3. The Bertz CT molecular complexity index is 1570. The zero-order chi connectivity index (χ0) is 24.5. The van der Waals surface area contributed by atoms with Gasteiger partial charge in [0.25, 0.3) is 5.91 Å². The highest BCUT2D eigenvalue weighted by Gasteiger charge is 2.36. The van der Waals surface area contributed by atoms with Crippen LogP contribution >= 0.6 is 11.8 Å². The van der Waals surface area contributed by atoms with Gasteiger partial charge in [-0.2, -0.15) is 15.1 Å². The lowest BCUT2D eigenvalue weighted by atomic mass is 10.1. The quantitative estimate of drug-likeness (QED) is 0.367. The van der Waals surface area contributed by atoms with E-state index in [1.807, 2.05) is 72.9 Å². The number of carbonyl (C=O) groups excluding carboxylic acids is 1. The van der Waals surface area contributed by atoms with Crippen molar-refractivity contribution in [3.05, 3.63) is 108 Å². The fraction of sp³-hybridized carbons (Fsp3) is 0.0714. The molecule has 8 heteroatoms. The summed E-state index contributed by atoms with van der Waals surface area (Å²) in [5.41, 5.74) is 3.30. The van der Waals surface area contributed by atoms with Gasteiger partial charge in [0, 0.05) is 29.2 Å². The van der Waals surface area contributed by atoms with Crippen LogP contribution in [0.2, 0.25) is 0 Å². The van der Waals surface area contributed by atoms with Gasteiger partial charge in [-0.1, -0.05) is 66.7 Å². The van der Waals surface area contributed by atoms with Gasteiger partial charge in [-0.25, -0.2) is 0 Å². The van der Waals surface area contributed by atoms with E-state index in [4.69, 9.17) is 10.1 Å². The van der Waals surface area contributed by atoms with Crippen molar-refractivity contribution in [2.75, 3.05) is 6.61 Å². The Balaban J connectivity index is 1.29. The number of ether oxygens (including phenoxy) is 1. The van der Waals surface area contributed by atoms with E-state index < -0.39 is 5.91 Å². The standard InChI is InChI=1S/C28H21N5O2S/c29-26-23(27(34)30-28-33(26)31-25(36-28)18-35-21-11-5-2-6-12-21)15-20-17-32(16-19-9-3-1-4-10-19)24-14-8-7-13-22(20)24/h1-15,17,29H,16,18H2/b23-15+,29-26?. The third-order valence-corrected chi connectivity index (χ3v) is 6.80. The molecule has 1 N–H and O–H groups in total. The van der Waals surface area contributed by atoms with E-state index >= 15 is 0 Å². The first kappa shape index (κ1) is 22.1. The van der Waals surface area contributed by atoms with E-state index in [-0.39, 0.29) is 18.0 Å². The van der Waals surface area contributed by atoms with Crippen molar-refractivity contribution >= 4 is 50.7 Å². The van der Waals surface area contributed by atoms with E-state index in [0.717, 1.165) is 22.2 Å². The van der Waals surface area contributed by atoms with Crippen molar-refractivity contribution in [3.8, 4) is 5.75 Å². The Morgan fingerprint density at radius 1 is 0.944 bits per heavy atom. The van der Waals surface area contributed by atoms with E-state index in [9.17, 15) is 4.79 Å². The minimum atomic E-state index is -0.445. The highest BCUT2D eigenvalue weighted by Crippen LogP contribution is 2.30. The van der Waals surface area contributed by atoms with Crippen molar-refractivity contribution in [1.82, 2.24) is 9.58 Å². The zero-order valence-electron chi connectivity index (χ0n) is 19.2. The number of thioether (sulfide) groups is 1. The zero-order valence-corrected chi connectivity index (χ0v) is 20.0. The Labute approximate surface area is 211 Å². The molecule has 0 spiro atoms. The smallest absolute Gasteiger partial charge is 0.283 e. The molecule has 1 amide bonds. The molecule has 3 heterocycles. The number of rotatable bonds is 6. The van der Waals surface area contributed by atoms with Crippen molar-refractivity contribution in [3.63, 3.8) is 0 Å². The van der Waals surface area contributed by atoms with Gasteiger partial charge in [-0.3, -0.25) is 10.2 Å². The molecule has 3 aromatic carbocycles. The molecule has 4 aromatic rings. The minimum Gasteiger partial charge on any atom is -0.487 e. The first-order chi connectivity index (χ1) is 17.7. The maximum Gasteiger partial charge on any atom is 0.283 e. The SMILES string of the molecule is N=C1/C(=C\c2cn(Cc3ccccc3)c3ccccc23)C(=O)N=C2SC(COc3ccccc3)=NN12. The summed E-state index contributed by atoms with van der Waals surface area (Å²) in [5, 5.41) is 16.6. The average Bonchev–Trinajstić information content (AvgIpc) is 3.48. The Morgan fingerprint density at radius 3 is 2.47 bits per heavy atom. The monoisotopic (exact) mass is 491 g/mol. The first-order valence-corrected chi connectivity index (χ1v) is 12.3. The molecule has 6 rings (SSSR count). The highest BCUT2D eigenvalue weighted by atomic mass is 32.2. The highest BCUT2D eigenvalue weighted by molar-refractivity contribution is 8.27. The fourth-order valence-electron chi connectivity index (χ4n) is 4.21. The van der Waals surface area contributed by atoms with Crippen LogP contribution in [0.5, 0.6) is 5.75 Å². The number of hydrogen-bond donors (Lipinski definition) is 1. The number of aromatic nitrogens is 1. The number of hydrogen-bond acceptors (Lipinski definition) is 5. The van der Waals surface area contributed by atoms with Gasteiger partial charge in [0.05, 0.1) is 5.57 Å². The maximum absolute atomic E-state index is 12.9. The molecule has 0 radical (unpaired) electrons. The van der Waals surface area contributed by atoms with Crippen molar-refractivity contribution in [2.24, 2.45) is 10.1 Å². The van der Waals surface area contributed by atoms with Gasteiger partial charge in [-0.15, -0.1) is 0 Å². The Kier molecular flexibility index (Phi) is 5.71. The number of carbonyl (C=O) groups is 1. The summed E-state index contributed by atoms with van der Waals surface area (Å²) in [6.45, 7) is 0.938. The van der Waals surface area contributed by atoms with Crippen LogP contribution in [0.1, 0.15) is 11.1 Å². The molecule has 7 nitrogen and oxygen atoms in total. The summed E-state index contributed by atoms with van der Waals surface area (Å²) in [5.74, 6) is 0.289. The largest absolute Gasteiger partial charge is 0.487 e. The van der Waals surface area contributed by atoms with E-state index in [1.54, 1.807) is 6.08 Å². The Morgan fingerprint density at radius 2 is 1.67 bits per heavy atom. The van der Waals surface area contributed by atoms with Crippen LogP contribution in [0.4, 0.5) is 0 Å². The number of amidine groups is 2. The molecule has 1 aromatic heterocycles. The number of hydrazone groups is 1. The molecule has 0 unspecified atom stereocenters. The van der Waals surface area contributed by atoms with Crippen molar-refractivity contribution in [2.45, 2.75) is 6.54 Å². The molecule has 0 atom stereocenters. The normalized spacial score (nSPS) is 16.3. The van der Waals surface area contributed by atoms with Crippen LogP contribution in [-0.2, 0) is 11.3 Å². The molecule has 176 valence electrons. The van der Waals surface area contributed by atoms with Crippen molar-refractivity contribution < 1.29 is 9.53 Å². The summed E-state index contributed by atoms with van der Waals surface area (Å²) in [6.07, 6.45) is 3.76. The van der Waals surface area contributed by atoms with Crippen LogP contribution in [0.3, 0.4) is 0 Å². The summed E-state index contributed by atoms with van der Waals surface area (Å²) in [7, 11) is 0. The first-order valence-electron chi connectivity index (χ1n) is 11.4. The lowest BCUT2D eigenvalue weighted by molar-refractivity contribution is -0.114. The summed E-state index contributed by atoms with van der Waals surface area (Å²) >= 11 is 1.25. The average molecular weight is 492 g/mol. The number of nitrogens with one attached hydrogen (secondary N) is 1. The summed E-state index contributed by atoms with van der Waals surface area (Å²) in [6, 6.07) is 27.7. The van der Waals surface area contributed by atoms with Crippen LogP contribution in [0.25, 0.3) is 17.0 Å². The lowest BCUT2D eigenvalue weighted by Gasteiger charge is -2.20. The number of nitrogens with zero attached hydrogens (tertiary/aromatic N) is 4. The van der Waals surface area contributed by atoms with Crippen LogP contribution in [-0.4, -0.2) is 38.1 Å². The van der Waals surface area contributed by atoms with Crippen LogP contribution < -0.4 is 4.74 Å². The maximum atomic E-state index is 12.9. The van der Waals surface area contributed by atoms with Gasteiger partial charge in [0.1, 0.15) is 17.4 Å². The predicted molar refractivity (Wildman–Crippen MR) is 144 cm³/mol. The fourth-order valence-corrected chi connectivity index (χ4v) is 5.01. The molecular weight excluding hydrogens is 470 g/mol. The second kappa shape index (κ2) is 9.31. The Hall–Kier alpha value is -4.43. The number of para-hydroxylation sites is 2. The molecule has 2 aliphatic rings. The number of aliphatic imine (C=N–C) groups is 1. The van der Waals surface area contributed by atoms with Crippen LogP contribution in [0, 0.1) is 5.41 Å². The molecule has 0 aliphatic carbocycles. The summed E-state index contributed by atoms with van der Waals surface area (Å²) in [4.78, 5) is 17.2. The van der Waals surface area contributed by atoms with Crippen molar-refractivity contribution in [1.29, 1.82) is 5.41 Å². The van der Waals surface area contributed by atoms with E-state index in [1.165, 1.54) is 22.3 Å². The minimum absolute atomic E-state index is 0.00658. The molecule has 0 fully saturated rings. The third kappa shape index (κ3) is 4.23.